The highest BCUT2D eigenvalue weighted by molar-refractivity contribution is 7.22. The molecule has 0 radical (unpaired) electrons. The average Bonchev–Trinajstić information content (AvgIpc) is 3.33. The molecule has 1 saturated heterocycles. The monoisotopic (exact) mass is 551 g/mol. The summed E-state index contributed by atoms with van der Waals surface area (Å²) in [4.78, 5) is 8.14. The number of thiophene rings is 1. The molecule has 0 aliphatic carbocycles. The van der Waals surface area contributed by atoms with E-state index in [-0.39, 0.29) is 0 Å². The standard InChI is InChI=1S/C28H27Cl2N5OS/c1-16-14-35(17(2)12-32-16)15-18-4-6-19(7-5-18)26-10-24-28(37-26)27(20(11-31)13-33-24)34-23-9-25(36-3)22(30)8-21(23)29/h4-10,13,16-17,32H,12,14-15H2,1-3H3,(H,33,34)/t16-,17+/m0/s1. The first-order chi connectivity index (χ1) is 17.9. The van der Waals surface area contributed by atoms with E-state index in [4.69, 9.17) is 27.9 Å². The zero-order chi connectivity index (χ0) is 26.1. The molecule has 9 heteroatoms. The Morgan fingerprint density at radius 3 is 2.70 bits per heavy atom. The van der Waals surface area contributed by atoms with Gasteiger partial charge in [0.25, 0.3) is 0 Å². The number of piperazine rings is 1. The number of methoxy groups -OCH3 is 1. The highest BCUT2D eigenvalue weighted by atomic mass is 35.5. The summed E-state index contributed by atoms with van der Waals surface area (Å²) >= 11 is 14.3. The van der Waals surface area contributed by atoms with E-state index in [1.165, 1.54) is 5.56 Å². The lowest BCUT2D eigenvalue weighted by atomic mass is 10.1. The minimum Gasteiger partial charge on any atom is -0.495 e. The van der Waals surface area contributed by atoms with E-state index in [0.717, 1.165) is 40.3 Å². The Bertz CT molecular complexity index is 1480. The van der Waals surface area contributed by atoms with Crippen molar-refractivity contribution < 1.29 is 4.74 Å². The maximum absolute atomic E-state index is 9.78. The fraction of sp³-hybridized carbons (Fsp3) is 0.286. The van der Waals surface area contributed by atoms with Crippen LogP contribution in [-0.4, -0.2) is 42.2 Å². The molecule has 2 aromatic carbocycles. The summed E-state index contributed by atoms with van der Waals surface area (Å²) in [5, 5.41) is 17.5. The van der Waals surface area contributed by atoms with Crippen molar-refractivity contribution in [1.82, 2.24) is 15.2 Å². The lowest BCUT2D eigenvalue weighted by Crippen LogP contribution is -2.53. The summed E-state index contributed by atoms with van der Waals surface area (Å²) in [6.07, 6.45) is 1.58. The van der Waals surface area contributed by atoms with Gasteiger partial charge in [0.1, 0.15) is 11.8 Å². The number of fused-ring (bicyclic) bond motifs is 1. The van der Waals surface area contributed by atoms with Crippen LogP contribution in [0.5, 0.6) is 5.75 Å². The molecule has 190 valence electrons. The molecule has 0 bridgehead atoms. The number of pyridine rings is 1. The maximum Gasteiger partial charge on any atom is 0.139 e. The third-order valence-corrected chi connectivity index (χ3v) is 8.48. The minimum absolute atomic E-state index is 0.418. The molecule has 2 aromatic heterocycles. The van der Waals surface area contributed by atoms with Gasteiger partial charge in [0.2, 0.25) is 0 Å². The molecule has 0 spiro atoms. The van der Waals surface area contributed by atoms with Gasteiger partial charge in [0, 0.05) is 48.9 Å². The van der Waals surface area contributed by atoms with E-state index in [1.807, 2.05) is 0 Å². The molecule has 4 aromatic rings. The van der Waals surface area contributed by atoms with E-state index in [1.54, 1.807) is 36.8 Å². The molecule has 0 amide bonds. The van der Waals surface area contributed by atoms with Crippen molar-refractivity contribution in [2.24, 2.45) is 0 Å². The van der Waals surface area contributed by atoms with E-state index in [9.17, 15) is 5.26 Å². The number of hydrogen-bond acceptors (Lipinski definition) is 7. The van der Waals surface area contributed by atoms with Gasteiger partial charge in [-0.15, -0.1) is 11.3 Å². The number of nitriles is 1. The van der Waals surface area contributed by atoms with Crippen molar-refractivity contribution in [3.63, 3.8) is 0 Å². The fourth-order valence-corrected chi connectivity index (χ4v) is 6.20. The van der Waals surface area contributed by atoms with Crippen LogP contribution in [0, 0.1) is 11.3 Å². The summed E-state index contributed by atoms with van der Waals surface area (Å²) < 4.78 is 6.22. The molecule has 3 heterocycles. The Balaban J connectivity index is 1.45. The number of rotatable bonds is 6. The Labute approximate surface area is 230 Å². The van der Waals surface area contributed by atoms with Crippen LogP contribution >= 0.6 is 34.5 Å². The fourth-order valence-electron chi connectivity index (χ4n) is 4.57. The predicted octanol–water partition coefficient (Wildman–Crippen LogP) is 7.08. The first-order valence-corrected chi connectivity index (χ1v) is 13.6. The number of anilines is 2. The number of halogens is 2. The van der Waals surface area contributed by atoms with Crippen molar-refractivity contribution in [3.8, 4) is 22.3 Å². The Hall–Kier alpha value is -2.86. The van der Waals surface area contributed by atoms with Gasteiger partial charge in [-0.25, -0.2) is 0 Å². The predicted molar refractivity (Wildman–Crippen MR) is 153 cm³/mol. The van der Waals surface area contributed by atoms with Crippen molar-refractivity contribution in [2.45, 2.75) is 32.5 Å². The molecule has 37 heavy (non-hydrogen) atoms. The van der Waals surface area contributed by atoms with Gasteiger partial charge in [-0.05, 0) is 37.1 Å². The van der Waals surface area contributed by atoms with Crippen LogP contribution in [0.4, 0.5) is 11.4 Å². The summed E-state index contributed by atoms with van der Waals surface area (Å²) in [5.41, 5.74) is 4.91. The highest BCUT2D eigenvalue weighted by Gasteiger charge is 2.22. The van der Waals surface area contributed by atoms with E-state index < -0.39 is 0 Å². The van der Waals surface area contributed by atoms with Gasteiger partial charge in [-0.3, -0.25) is 9.88 Å². The smallest absolute Gasteiger partial charge is 0.139 e. The van der Waals surface area contributed by atoms with Gasteiger partial charge in [-0.1, -0.05) is 47.5 Å². The molecule has 6 nitrogen and oxygen atoms in total. The van der Waals surface area contributed by atoms with E-state index >= 15 is 0 Å². The number of benzene rings is 2. The third kappa shape index (κ3) is 5.40. The van der Waals surface area contributed by atoms with Crippen LogP contribution in [-0.2, 0) is 6.54 Å². The number of aromatic nitrogens is 1. The quantitative estimate of drug-likeness (QED) is 0.267. The van der Waals surface area contributed by atoms with Crippen LogP contribution in [0.1, 0.15) is 25.0 Å². The normalized spacial score (nSPS) is 18.1. The summed E-state index contributed by atoms with van der Waals surface area (Å²) in [7, 11) is 1.55. The molecule has 5 rings (SSSR count). The largest absolute Gasteiger partial charge is 0.495 e. The van der Waals surface area contributed by atoms with Gasteiger partial charge in [-0.2, -0.15) is 5.26 Å². The SMILES string of the molecule is COc1cc(Nc2c(C#N)cnc3cc(-c4ccc(CN5C[C@H](C)NC[C@H]5C)cc4)sc23)c(Cl)cc1Cl. The topological polar surface area (TPSA) is 73.2 Å². The second-order valence-corrected chi connectivity index (χ2v) is 11.2. The first-order valence-electron chi connectivity index (χ1n) is 12.1. The van der Waals surface area contributed by atoms with E-state index in [0.29, 0.717) is 44.8 Å². The highest BCUT2D eigenvalue weighted by Crippen LogP contribution is 2.41. The minimum atomic E-state index is 0.418. The van der Waals surface area contributed by atoms with Gasteiger partial charge >= 0.3 is 0 Å². The molecule has 1 aliphatic heterocycles. The molecular formula is C28H27Cl2N5OS. The summed E-state index contributed by atoms with van der Waals surface area (Å²) in [6, 6.07) is 17.4. The van der Waals surface area contributed by atoms with Crippen molar-refractivity contribution in [1.29, 1.82) is 5.26 Å². The van der Waals surface area contributed by atoms with Gasteiger partial charge in [0.15, 0.2) is 0 Å². The van der Waals surface area contributed by atoms with Crippen LogP contribution < -0.4 is 15.4 Å². The Kier molecular flexibility index (Phi) is 7.57. The number of hydrogen-bond donors (Lipinski definition) is 2. The number of ether oxygens (including phenoxy) is 1. The zero-order valence-electron chi connectivity index (χ0n) is 20.8. The number of nitrogens with zero attached hydrogens (tertiary/aromatic N) is 3. The molecule has 2 N–H and O–H groups in total. The average molecular weight is 553 g/mol. The van der Waals surface area contributed by atoms with Crippen LogP contribution in [0.3, 0.4) is 0 Å². The Morgan fingerprint density at radius 1 is 1.19 bits per heavy atom. The molecule has 2 atom stereocenters. The van der Waals surface area contributed by atoms with Gasteiger partial charge in [0.05, 0.1) is 44.3 Å². The Morgan fingerprint density at radius 2 is 1.97 bits per heavy atom. The maximum atomic E-state index is 9.78. The number of nitrogens with one attached hydrogen (secondary N) is 2. The lowest BCUT2D eigenvalue weighted by molar-refractivity contribution is 0.139. The van der Waals surface area contributed by atoms with Crippen LogP contribution in [0.15, 0.2) is 48.7 Å². The first kappa shape index (κ1) is 25.8. The van der Waals surface area contributed by atoms with E-state index in [2.05, 4.69) is 70.8 Å². The molecular weight excluding hydrogens is 525 g/mol. The van der Waals surface area contributed by atoms with Gasteiger partial charge < -0.3 is 15.4 Å². The molecule has 0 unspecified atom stereocenters. The second-order valence-electron chi connectivity index (χ2n) is 9.36. The van der Waals surface area contributed by atoms with Crippen LogP contribution in [0.25, 0.3) is 20.7 Å². The van der Waals surface area contributed by atoms with Crippen LogP contribution in [0.2, 0.25) is 10.0 Å². The molecule has 1 fully saturated rings. The van der Waals surface area contributed by atoms with Crippen molar-refractivity contribution in [2.75, 3.05) is 25.5 Å². The lowest BCUT2D eigenvalue weighted by Gasteiger charge is -2.37. The third-order valence-electron chi connectivity index (χ3n) is 6.68. The van der Waals surface area contributed by atoms with Crippen molar-refractivity contribution >= 4 is 56.1 Å². The molecule has 1 aliphatic rings. The summed E-state index contributed by atoms with van der Waals surface area (Å²) in [5.74, 6) is 0.494. The van der Waals surface area contributed by atoms with Crippen molar-refractivity contribution in [3.05, 3.63) is 69.8 Å². The second kappa shape index (κ2) is 10.9. The zero-order valence-corrected chi connectivity index (χ0v) is 23.1. The summed E-state index contributed by atoms with van der Waals surface area (Å²) in [6.45, 7) is 7.50. The molecule has 0 saturated carbocycles.